The van der Waals surface area contributed by atoms with Crippen LogP contribution in [0.5, 0.6) is 0 Å². The van der Waals surface area contributed by atoms with Crippen molar-refractivity contribution in [2.24, 2.45) is 10.8 Å². The highest BCUT2D eigenvalue weighted by Gasteiger charge is 2.20. The molecule has 0 aliphatic carbocycles. The molecule has 0 saturated heterocycles. The largest absolute Gasteiger partial charge is 0.379 e. The maximum absolute atomic E-state index is 11.7. The van der Waals surface area contributed by atoms with Gasteiger partial charge < -0.3 is 9.47 Å². The van der Waals surface area contributed by atoms with E-state index >= 15 is 0 Å². The summed E-state index contributed by atoms with van der Waals surface area (Å²) in [6, 6.07) is 0. The number of carbonyl (C=O) groups is 1. The number of carbonyl (C=O) groups excluding carboxylic acids is 1. The highest BCUT2D eigenvalue weighted by Crippen LogP contribution is 2.18. The number of nitrogens with zero attached hydrogens (tertiary/aromatic N) is 3. The van der Waals surface area contributed by atoms with E-state index in [4.69, 9.17) is 9.47 Å². The average Bonchev–Trinajstić information content (AvgIpc) is 2.85. The number of hydrogen-bond acceptors (Lipinski definition) is 5. The molecule has 0 radical (unpaired) electrons. The van der Waals surface area contributed by atoms with Gasteiger partial charge in [-0.05, 0) is 11.8 Å². The quantitative estimate of drug-likeness (QED) is 0.613. The van der Waals surface area contributed by atoms with Crippen molar-refractivity contribution < 1.29 is 14.3 Å². The second kappa shape index (κ2) is 9.28. The number of aromatic nitrogens is 3. The minimum Gasteiger partial charge on any atom is -0.379 e. The van der Waals surface area contributed by atoms with Crippen molar-refractivity contribution in [3.05, 3.63) is 11.9 Å². The van der Waals surface area contributed by atoms with Gasteiger partial charge in [-0.25, -0.2) is 4.68 Å². The van der Waals surface area contributed by atoms with Gasteiger partial charge in [0.2, 0.25) is 0 Å². The first-order valence-corrected chi connectivity index (χ1v) is 8.66. The number of rotatable bonds is 10. The van der Waals surface area contributed by atoms with E-state index in [1.807, 2.05) is 31.6 Å². The maximum atomic E-state index is 11.7. The van der Waals surface area contributed by atoms with Crippen molar-refractivity contribution in [3.63, 3.8) is 0 Å². The van der Waals surface area contributed by atoms with Crippen LogP contribution in [0.3, 0.4) is 0 Å². The molecule has 0 aromatic carbocycles. The van der Waals surface area contributed by atoms with Crippen molar-refractivity contribution >= 4 is 5.78 Å². The summed E-state index contributed by atoms with van der Waals surface area (Å²) in [6.07, 6.45) is 3.34. The molecule has 0 spiro atoms. The third-order valence-electron chi connectivity index (χ3n) is 3.44. The standard InChI is InChI=1S/C18H33N3O3/c1-17(2,3)13-15-14-21(20-19-15)8-10-24-12-11-23-9-7-16(22)18(4,5)6/h14H,7-13H2,1-6H3. The fourth-order valence-corrected chi connectivity index (χ4v) is 2.09. The van der Waals surface area contributed by atoms with Gasteiger partial charge in [0.05, 0.1) is 38.7 Å². The fourth-order valence-electron chi connectivity index (χ4n) is 2.09. The first kappa shape index (κ1) is 20.8. The molecule has 0 fully saturated rings. The predicted molar refractivity (Wildman–Crippen MR) is 93.9 cm³/mol. The van der Waals surface area contributed by atoms with Crippen molar-refractivity contribution in [2.45, 2.75) is 60.9 Å². The summed E-state index contributed by atoms with van der Waals surface area (Å²) in [4.78, 5) is 11.7. The van der Waals surface area contributed by atoms with E-state index in [0.29, 0.717) is 39.4 Å². The van der Waals surface area contributed by atoms with Gasteiger partial charge in [0.15, 0.2) is 0 Å². The second-order valence-corrected chi connectivity index (χ2v) is 8.36. The highest BCUT2D eigenvalue weighted by molar-refractivity contribution is 5.83. The molecule has 6 nitrogen and oxygen atoms in total. The first-order valence-electron chi connectivity index (χ1n) is 8.66. The molecule has 0 bridgehead atoms. The molecule has 0 amide bonds. The number of hydrogen-bond donors (Lipinski definition) is 0. The molecule has 0 aliphatic rings. The number of ether oxygens (including phenoxy) is 2. The van der Waals surface area contributed by atoms with Crippen LogP contribution in [-0.2, 0) is 27.2 Å². The lowest BCUT2D eigenvalue weighted by Crippen LogP contribution is -2.21. The summed E-state index contributed by atoms with van der Waals surface area (Å²) in [5.74, 6) is 0.223. The Morgan fingerprint density at radius 2 is 1.67 bits per heavy atom. The molecule has 0 aliphatic heterocycles. The first-order chi connectivity index (χ1) is 11.1. The van der Waals surface area contributed by atoms with Crippen LogP contribution < -0.4 is 0 Å². The molecule has 6 heteroatoms. The number of Topliss-reactive ketones (excluding diaryl/α,β-unsaturated/α-hetero) is 1. The van der Waals surface area contributed by atoms with Crippen LogP contribution in [0.4, 0.5) is 0 Å². The lowest BCUT2D eigenvalue weighted by atomic mass is 9.89. The normalized spacial score (nSPS) is 12.6. The van der Waals surface area contributed by atoms with Gasteiger partial charge in [0, 0.05) is 18.0 Å². The summed E-state index contributed by atoms with van der Waals surface area (Å²) in [7, 11) is 0. The van der Waals surface area contributed by atoms with Crippen LogP contribution in [0.2, 0.25) is 0 Å². The third kappa shape index (κ3) is 9.13. The Hall–Kier alpha value is -1.27. The predicted octanol–water partition coefficient (Wildman–Crippen LogP) is 2.91. The summed E-state index contributed by atoms with van der Waals surface area (Å²) < 4.78 is 12.8. The monoisotopic (exact) mass is 339 g/mol. The Morgan fingerprint density at radius 1 is 1.04 bits per heavy atom. The Kier molecular flexibility index (Phi) is 8.03. The molecule has 1 rings (SSSR count). The van der Waals surface area contributed by atoms with Gasteiger partial charge in [-0.15, -0.1) is 5.10 Å². The highest BCUT2D eigenvalue weighted by atomic mass is 16.5. The third-order valence-corrected chi connectivity index (χ3v) is 3.44. The molecule has 0 N–H and O–H groups in total. The molecule has 0 atom stereocenters. The SMILES string of the molecule is CC(C)(C)Cc1cn(CCOCCOCCC(=O)C(C)(C)C)nn1. The van der Waals surface area contributed by atoms with Crippen LogP contribution in [-0.4, -0.2) is 47.2 Å². The molecule has 24 heavy (non-hydrogen) atoms. The topological polar surface area (TPSA) is 66.2 Å². The van der Waals surface area contributed by atoms with Crippen molar-refractivity contribution in [3.8, 4) is 0 Å². The zero-order valence-corrected chi connectivity index (χ0v) is 16.1. The minimum absolute atomic E-state index is 0.211. The van der Waals surface area contributed by atoms with Crippen LogP contribution in [0, 0.1) is 10.8 Å². The van der Waals surface area contributed by atoms with Crippen molar-refractivity contribution in [1.82, 2.24) is 15.0 Å². The van der Waals surface area contributed by atoms with Gasteiger partial charge >= 0.3 is 0 Å². The van der Waals surface area contributed by atoms with Crippen LogP contribution >= 0.6 is 0 Å². The fraction of sp³-hybridized carbons (Fsp3) is 0.833. The van der Waals surface area contributed by atoms with E-state index in [0.717, 1.165) is 12.1 Å². The van der Waals surface area contributed by atoms with Crippen molar-refractivity contribution in [2.75, 3.05) is 26.4 Å². The Morgan fingerprint density at radius 3 is 2.25 bits per heavy atom. The van der Waals surface area contributed by atoms with E-state index in [2.05, 4.69) is 31.1 Å². The smallest absolute Gasteiger partial charge is 0.140 e. The van der Waals surface area contributed by atoms with Crippen molar-refractivity contribution in [1.29, 1.82) is 0 Å². The number of ketones is 1. The van der Waals surface area contributed by atoms with E-state index in [9.17, 15) is 4.79 Å². The van der Waals surface area contributed by atoms with Gasteiger partial charge in [0.1, 0.15) is 5.78 Å². The maximum Gasteiger partial charge on any atom is 0.140 e. The van der Waals surface area contributed by atoms with Gasteiger partial charge in [0.25, 0.3) is 0 Å². The van der Waals surface area contributed by atoms with Crippen LogP contribution in [0.25, 0.3) is 0 Å². The Bertz CT molecular complexity index is 498. The zero-order chi connectivity index (χ0) is 18.2. The zero-order valence-electron chi connectivity index (χ0n) is 16.1. The van der Waals surface area contributed by atoms with E-state index in [1.165, 1.54) is 0 Å². The lowest BCUT2D eigenvalue weighted by Gasteiger charge is -2.16. The molecular formula is C18H33N3O3. The van der Waals surface area contributed by atoms with Crippen LogP contribution in [0.1, 0.15) is 53.7 Å². The Balaban J connectivity index is 2.06. The molecule has 1 aromatic rings. The molecule has 138 valence electrons. The minimum atomic E-state index is -0.288. The Labute approximate surface area is 145 Å². The van der Waals surface area contributed by atoms with Gasteiger partial charge in [-0.1, -0.05) is 46.8 Å². The van der Waals surface area contributed by atoms with E-state index in [1.54, 1.807) is 0 Å². The summed E-state index contributed by atoms with van der Waals surface area (Å²) in [6.45, 7) is 15.1. The lowest BCUT2D eigenvalue weighted by molar-refractivity contribution is -0.127. The molecule has 1 aromatic heterocycles. The van der Waals surface area contributed by atoms with E-state index in [-0.39, 0.29) is 16.6 Å². The average molecular weight is 339 g/mol. The molecule has 1 heterocycles. The summed E-state index contributed by atoms with van der Waals surface area (Å²) in [5, 5.41) is 8.29. The van der Waals surface area contributed by atoms with E-state index < -0.39 is 0 Å². The summed E-state index contributed by atoms with van der Waals surface area (Å²) >= 11 is 0. The summed E-state index contributed by atoms with van der Waals surface area (Å²) in [5.41, 5.74) is 0.932. The van der Waals surface area contributed by atoms with Crippen LogP contribution in [0.15, 0.2) is 6.20 Å². The van der Waals surface area contributed by atoms with Gasteiger partial charge in [-0.3, -0.25) is 4.79 Å². The molecule has 0 unspecified atom stereocenters. The second-order valence-electron chi connectivity index (χ2n) is 8.36. The molecule has 0 saturated carbocycles. The van der Waals surface area contributed by atoms with Gasteiger partial charge in [-0.2, -0.15) is 0 Å². The molecular weight excluding hydrogens is 306 g/mol.